The number of carbonyl (C=O) groups excluding carboxylic acids is 1. The molecule has 1 aliphatic rings. The van der Waals surface area contributed by atoms with Crippen LogP contribution in [-0.2, 0) is 6.42 Å². The van der Waals surface area contributed by atoms with Gasteiger partial charge in [0, 0.05) is 13.1 Å². The lowest BCUT2D eigenvalue weighted by molar-refractivity contribution is 0.190. The van der Waals surface area contributed by atoms with E-state index in [0.717, 1.165) is 31.5 Å². The Kier molecular flexibility index (Phi) is 4.59. The Bertz CT molecular complexity index is 375. The minimum Gasteiger partial charge on any atom is -0.394 e. The summed E-state index contributed by atoms with van der Waals surface area (Å²) in [5.74, 6) is 0. The lowest BCUT2D eigenvalue weighted by Crippen LogP contribution is -2.46. The molecule has 2 amide bonds. The van der Waals surface area contributed by atoms with Gasteiger partial charge in [-0.3, -0.25) is 0 Å². The molecule has 18 heavy (non-hydrogen) atoms. The van der Waals surface area contributed by atoms with Crippen molar-refractivity contribution < 1.29 is 9.90 Å². The molecule has 0 aliphatic carbocycles. The van der Waals surface area contributed by atoms with Crippen molar-refractivity contribution in [1.29, 1.82) is 0 Å². The Labute approximate surface area is 108 Å². The number of urea groups is 1. The van der Waals surface area contributed by atoms with E-state index >= 15 is 0 Å². The third-order valence-electron chi connectivity index (χ3n) is 3.27. The van der Waals surface area contributed by atoms with Gasteiger partial charge in [0.1, 0.15) is 0 Å². The Balaban J connectivity index is 1.87. The molecule has 1 fully saturated rings. The van der Waals surface area contributed by atoms with Crippen LogP contribution in [0.2, 0.25) is 0 Å². The zero-order valence-corrected chi connectivity index (χ0v) is 10.5. The Morgan fingerprint density at radius 1 is 1.28 bits per heavy atom. The molecule has 1 atom stereocenters. The fourth-order valence-corrected chi connectivity index (χ4v) is 2.25. The smallest absolute Gasteiger partial charge is 0.317 e. The Hall–Kier alpha value is -1.55. The van der Waals surface area contributed by atoms with Crippen molar-refractivity contribution in [3.05, 3.63) is 35.9 Å². The number of amides is 2. The molecule has 2 N–H and O–H groups in total. The van der Waals surface area contributed by atoms with Crippen LogP contribution in [0, 0.1) is 0 Å². The summed E-state index contributed by atoms with van der Waals surface area (Å²) in [6.45, 7) is 1.62. The van der Waals surface area contributed by atoms with Crippen LogP contribution in [0.3, 0.4) is 0 Å². The molecule has 2 rings (SSSR count). The van der Waals surface area contributed by atoms with Gasteiger partial charge in [-0.1, -0.05) is 30.3 Å². The van der Waals surface area contributed by atoms with Gasteiger partial charge in [0.05, 0.1) is 12.6 Å². The number of benzene rings is 1. The maximum Gasteiger partial charge on any atom is 0.317 e. The highest BCUT2D eigenvalue weighted by Gasteiger charge is 2.20. The molecule has 0 unspecified atom stereocenters. The largest absolute Gasteiger partial charge is 0.394 e. The zero-order valence-electron chi connectivity index (χ0n) is 10.5. The molecule has 0 bridgehead atoms. The number of hydrogen-bond acceptors (Lipinski definition) is 2. The number of aliphatic hydroxyl groups excluding tert-OH is 1. The van der Waals surface area contributed by atoms with Crippen molar-refractivity contribution >= 4 is 6.03 Å². The molecule has 1 aliphatic heterocycles. The second-order valence-corrected chi connectivity index (χ2v) is 4.71. The molecule has 1 aromatic carbocycles. The van der Waals surface area contributed by atoms with E-state index in [1.807, 2.05) is 35.2 Å². The van der Waals surface area contributed by atoms with Gasteiger partial charge in [0.25, 0.3) is 0 Å². The summed E-state index contributed by atoms with van der Waals surface area (Å²) in [5.41, 5.74) is 1.12. The van der Waals surface area contributed by atoms with E-state index in [0.29, 0.717) is 6.42 Å². The van der Waals surface area contributed by atoms with E-state index in [2.05, 4.69) is 5.32 Å². The fourth-order valence-electron chi connectivity index (χ4n) is 2.25. The average Bonchev–Trinajstić information content (AvgIpc) is 2.93. The van der Waals surface area contributed by atoms with E-state index in [1.165, 1.54) is 0 Å². The molecule has 0 spiro atoms. The highest BCUT2D eigenvalue weighted by molar-refractivity contribution is 5.74. The summed E-state index contributed by atoms with van der Waals surface area (Å²) in [5, 5.41) is 12.2. The molecular formula is C14H20N2O2. The first-order valence-corrected chi connectivity index (χ1v) is 6.50. The van der Waals surface area contributed by atoms with Crippen LogP contribution in [-0.4, -0.2) is 41.8 Å². The third kappa shape index (κ3) is 3.47. The van der Waals surface area contributed by atoms with Gasteiger partial charge in [0.15, 0.2) is 0 Å². The quantitative estimate of drug-likeness (QED) is 0.846. The zero-order chi connectivity index (χ0) is 12.8. The standard InChI is InChI=1S/C14H20N2O2/c17-11-13(10-12-6-2-1-3-7-12)15-14(18)16-8-4-5-9-16/h1-3,6-7,13,17H,4-5,8-11H2,(H,15,18)/t13-/m0/s1. The molecule has 4 nitrogen and oxygen atoms in total. The number of likely N-dealkylation sites (tertiary alicyclic amines) is 1. The molecule has 0 aromatic heterocycles. The monoisotopic (exact) mass is 248 g/mol. The molecule has 1 aromatic rings. The van der Waals surface area contributed by atoms with Crippen LogP contribution in [0.4, 0.5) is 4.79 Å². The highest BCUT2D eigenvalue weighted by atomic mass is 16.3. The molecule has 98 valence electrons. The SMILES string of the molecule is O=C(N[C@H](CO)Cc1ccccc1)N1CCCC1. The van der Waals surface area contributed by atoms with Gasteiger partial charge in [-0.05, 0) is 24.8 Å². The Morgan fingerprint density at radius 3 is 2.56 bits per heavy atom. The summed E-state index contributed by atoms with van der Waals surface area (Å²) >= 11 is 0. The first-order chi connectivity index (χ1) is 8.79. The van der Waals surface area contributed by atoms with E-state index in [9.17, 15) is 9.90 Å². The minimum atomic E-state index is -0.208. The third-order valence-corrected chi connectivity index (χ3v) is 3.27. The predicted molar refractivity (Wildman–Crippen MR) is 70.4 cm³/mol. The van der Waals surface area contributed by atoms with Crippen molar-refractivity contribution in [3.8, 4) is 0 Å². The van der Waals surface area contributed by atoms with Crippen molar-refractivity contribution in [2.24, 2.45) is 0 Å². The average molecular weight is 248 g/mol. The fraction of sp³-hybridized carbons (Fsp3) is 0.500. The normalized spacial score (nSPS) is 16.6. The molecular weight excluding hydrogens is 228 g/mol. The first kappa shape index (κ1) is 12.9. The maximum absolute atomic E-state index is 11.9. The lowest BCUT2D eigenvalue weighted by Gasteiger charge is -2.21. The van der Waals surface area contributed by atoms with Gasteiger partial charge < -0.3 is 15.3 Å². The topological polar surface area (TPSA) is 52.6 Å². The second-order valence-electron chi connectivity index (χ2n) is 4.71. The molecule has 1 heterocycles. The maximum atomic E-state index is 11.9. The van der Waals surface area contributed by atoms with E-state index in [1.54, 1.807) is 0 Å². The number of carbonyl (C=O) groups is 1. The number of nitrogens with zero attached hydrogens (tertiary/aromatic N) is 1. The van der Waals surface area contributed by atoms with Crippen molar-refractivity contribution in [2.45, 2.75) is 25.3 Å². The number of rotatable bonds is 4. The van der Waals surface area contributed by atoms with E-state index < -0.39 is 0 Å². The van der Waals surface area contributed by atoms with Crippen LogP contribution in [0.15, 0.2) is 30.3 Å². The van der Waals surface area contributed by atoms with Gasteiger partial charge >= 0.3 is 6.03 Å². The highest BCUT2D eigenvalue weighted by Crippen LogP contribution is 2.08. The van der Waals surface area contributed by atoms with Crippen molar-refractivity contribution in [2.75, 3.05) is 19.7 Å². The molecule has 1 saturated heterocycles. The summed E-state index contributed by atoms with van der Waals surface area (Å²) in [7, 11) is 0. The number of nitrogens with one attached hydrogen (secondary N) is 1. The van der Waals surface area contributed by atoms with Crippen LogP contribution in [0.25, 0.3) is 0 Å². The lowest BCUT2D eigenvalue weighted by atomic mass is 10.1. The molecule has 4 heteroatoms. The van der Waals surface area contributed by atoms with Crippen molar-refractivity contribution in [3.63, 3.8) is 0 Å². The van der Waals surface area contributed by atoms with Crippen LogP contribution in [0.1, 0.15) is 18.4 Å². The van der Waals surface area contributed by atoms with Gasteiger partial charge in [-0.25, -0.2) is 4.79 Å². The Morgan fingerprint density at radius 2 is 1.94 bits per heavy atom. The second kappa shape index (κ2) is 6.40. The van der Waals surface area contributed by atoms with Crippen molar-refractivity contribution in [1.82, 2.24) is 10.2 Å². The number of aliphatic hydroxyl groups is 1. The molecule has 0 saturated carbocycles. The first-order valence-electron chi connectivity index (χ1n) is 6.50. The predicted octanol–water partition coefficient (Wildman–Crippen LogP) is 1.40. The summed E-state index contributed by atoms with van der Waals surface area (Å²) in [4.78, 5) is 13.7. The summed E-state index contributed by atoms with van der Waals surface area (Å²) in [6, 6.07) is 9.64. The minimum absolute atomic E-state index is 0.0333. The number of hydrogen-bond donors (Lipinski definition) is 2. The van der Waals surface area contributed by atoms with Gasteiger partial charge in [-0.15, -0.1) is 0 Å². The van der Waals surface area contributed by atoms with Crippen LogP contribution in [0.5, 0.6) is 0 Å². The molecule has 0 radical (unpaired) electrons. The van der Waals surface area contributed by atoms with Crippen LogP contribution < -0.4 is 5.32 Å². The van der Waals surface area contributed by atoms with Gasteiger partial charge in [0.2, 0.25) is 0 Å². The summed E-state index contributed by atoms with van der Waals surface area (Å²) < 4.78 is 0. The van der Waals surface area contributed by atoms with E-state index in [4.69, 9.17) is 0 Å². The van der Waals surface area contributed by atoms with E-state index in [-0.39, 0.29) is 18.7 Å². The van der Waals surface area contributed by atoms with Gasteiger partial charge in [-0.2, -0.15) is 0 Å². The van der Waals surface area contributed by atoms with Crippen LogP contribution >= 0.6 is 0 Å². The summed E-state index contributed by atoms with van der Waals surface area (Å²) in [6.07, 6.45) is 2.82.